The molecule has 0 aliphatic heterocycles. The number of carbonyl (C=O) groups excluding carboxylic acids is 1. The number of carboxylic acid groups (broad SMARTS) is 1. The first-order valence-electron chi connectivity index (χ1n) is 7.65. The Kier molecular flexibility index (Phi) is 4.21. The summed E-state index contributed by atoms with van der Waals surface area (Å²) in [4.78, 5) is 29.2. The topological polar surface area (TPSA) is 84.2 Å². The highest BCUT2D eigenvalue weighted by Crippen LogP contribution is 2.34. The van der Waals surface area contributed by atoms with Crippen LogP contribution in [-0.2, 0) is 19.9 Å². The number of amides is 1. The molecule has 0 saturated carbocycles. The number of carbonyl (C=O) groups is 2. The molecule has 2 N–H and O–H groups in total. The van der Waals surface area contributed by atoms with Crippen molar-refractivity contribution in [2.75, 3.05) is 0 Å². The predicted octanol–water partition coefficient (Wildman–Crippen LogP) is 2.55. The predicted molar refractivity (Wildman–Crippen MR) is 87.0 cm³/mol. The number of imidazole rings is 1. The Balaban J connectivity index is 1.88. The number of hydrogen-bond acceptors (Lipinski definition) is 4. The van der Waals surface area contributed by atoms with Crippen molar-refractivity contribution in [2.45, 2.75) is 38.6 Å². The molecule has 0 bridgehead atoms. The zero-order valence-electron chi connectivity index (χ0n) is 13.1. The molecular formula is C16H19N3O3S. The number of aryl methyl sites for hydroxylation is 1. The third-order valence-electron chi connectivity index (χ3n) is 4.21. The van der Waals surface area contributed by atoms with Gasteiger partial charge in [0, 0.05) is 19.4 Å². The fourth-order valence-electron chi connectivity index (χ4n) is 3.11. The van der Waals surface area contributed by atoms with Gasteiger partial charge in [-0.25, -0.2) is 9.78 Å². The normalized spacial score (nSPS) is 15.0. The minimum Gasteiger partial charge on any atom is -0.477 e. The van der Waals surface area contributed by atoms with E-state index in [0.717, 1.165) is 54.0 Å². The molecule has 2 aromatic heterocycles. The molecular weight excluding hydrogens is 314 g/mol. The summed E-state index contributed by atoms with van der Waals surface area (Å²) in [6.07, 6.45) is 7.02. The summed E-state index contributed by atoms with van der Waals surface area (Å²) in [6, 6.07) is -0.239. The van der Waals surface area contributed by atoms with Crippen LogP contribution in [-0.4, -0.2) is 26.5 Å². The molecule has 2 aromatic rings. The lowest BCUT2D eigenvalue weighted by Crippen LogP contribution is -2.28. The fourth-order valence-corrected chi connectivity index (χ4v) is 4.25. The first kappa shape index (κ1) is 15.7. The second kappa shape index (κ2) is 6.16. The Hall–Kier alpha value is -2.15. The van der Waals surface area contributed by atoms with Crippen LogP contribution in [0.4, 0.5) is 0 Å². The van der Waals surface area contributed by atoms with Crippen LogP contribution in [0.1, 0.15) is 62.1 Å². The van der Waals surface area contributed by atoms with Crippen molar-refractivity contribution in [1.82, 2.24) is 14.9 Å². The molecule has 0 aromatic carbocycles. The average molecular weight is 333 g/mol. The molecule has 7 heteroatoms. The number of carboxylic acids is 1. The van der Waals surface area contributed by atoms with Gasteiger partial charge in [0.15, 0.2) is 0 Å². The Labute approximate surface area is 138 Å². The molecule has 0 radical (unpaired) electrons. The maximum Gasteiger partial charge on any atom is 0.346 e. The van der Waals surface area contributed by atoms with Gasteiger partial charge in [-0.2, -0.15) is 0 Å². The Morgan fingerprint density at radius 2 is 1.96 bits per heavy atom. The summed E-state index contributed by atoms with van der Waals surface area (Å²) in [5, 5.41) is 12.3. The van der Waals surface area contributed by atoms with E-state index in [1.165, 1.54) is 0 Å². The molecule has 0 saturated heterocycles. The van der Waals surface area contributed by atoms with Crippen LogP contribution in [0.3, 0.4) is 0 Å². The number of aromatic carboxylic acids is 1. The lowest BCUT2D eigenvalue weighted by atomic mass is 9.92. The molecule has 1 amide bonds. The number of rotatable bonds is 4. The van der Waals surface area contributed by atoms with E-state index in [4.69, 9.17) is 0 Å². The van der Waals surface area contributed by atoms with E-state index in [0.29, 0.717) is 9.75 Å². The van der Waals surface area contributed by atoms with Crippen molar-refractivity contribution in [3.8, 4) is 0 Å². The highest BCUT2D eigenvalue weighted by molar-refractivity contribution is 7.16. The van der Waals surface area contributed by atoms with Crippen molar-refractivity contribution >= 4 is 23.2 Å². The maximum absolute atomic E-state index is 12.6. The van der Waals surface area contributed by atoms with Crippen LogP contribution >= 0.6 is 11.3 Å². The van der Waals surface area contributed by atoms with Crippen LogP contribution in [0.15, 0.2) is 12.4 Å². The zero-order valence-corrected chi connectivity index (χ0v) is 13.9. The number of nitrogens with zero attached hydrogens (tertiary/aromatic N) is 2. The first-order chi connectivity index (χ1) is 11.0. The molecule has 1 unspecified atom stereocenters. The Morgan fingerprint density at radius 3 is 2.52 bits per heavy atom. The summed E-state index contributed by atoms with van der Waals surface area (Å²) >= 11 is 1.10. The smallest absolute Gasteiger partial charge is 0.346 e. The van der Waals surface area contributed by atoms with Crippen LogP contribution in [0.2, 0.25) is 0 Å². The van der Waals surface area contributed by atoms with E-state index in [9.17, 15) is 14.7 Å². The zero-order chi connectivity index (χ0) is 16.6. The van der Waals surface area contributed by atoms with E-state index in [1.54, 1.807) is 6.20 Å². The lowest BCUT2D eigenvalue weighted by molar-refractivity contribution is 0.0700. The van der Waals surface area contributed by atoms with Gasteiger partial charge in [0.1, 0.15) is 10.7 Å². The summed E-state index contributed by atoms with van der Waals surface area (Å²) in [7, 11) is 1.88. The fraction of sp³-hybridized carbons (Fsp3) is 0.438. The average Bonchev–Trinajstić information content (AvgIpc) is 3.10. The Bertz CT molecular complexity index is 763. The highest BCUT2D eigenvalue weighted by Gasteiger charge is 2.28. The summed E-state index contributed by atoms with van der Waals surface area (Å²) in [6.45, 7) is 1.87. The highest BCUT2D eigenvalue weighted by atomic mass is 32.1. The van der Waals surface area contributed by atoms with Crippen molar-refractivity contribution in [1.29, 1.82) is 0 Å². The number of hydrogen-bond donors (Lipinski definition) is 2. The monoisotopic (exact) mass is 333 g/mol. The van der Waals surface area contributed by atoms with Gasteiger partial charge in [0.05, 0.1) is 10.9 Å². The van der Waals surface area contributed by atoms with Gasteiger partial charge in [-0.1, -0.05) is 0 Å². The molecule has 0 spiro atoms. The lowest BCUT2D eigenvalue weighted by Gasteiger charge is -2.16. The molecule has 122 valence electrons. The van der Waals surface area contributed by atoms with E-state index >= 15 is 0 Å². The van der Waals surface area contributed by atoms with Crippen LogP contribution < -0.4 is 5.32 Å². The minimum atomic E-state index is -0.940. The summed E-state index contributed by atoms with van der Waals surface area (Å²) in [5.41, 5.74) is 1.77. The number of nitrogens with one attached hydrogen (secondary N) is 1. The summed E-state index contributed by atoms with van der Waals surface area (Å²) < 4.78 is 1.86. The second-order valence-electron chi connectivity index (χ2n) is 5.82. The van der Waals surface area contributed by atoms with Gasteiger partial charge < -0.3 is 15.0 Å². The molecule has 0 fully saturated rings. The number of fused-ring (bicyclic) bond motifs is 1. The van der Waals surface area contributed by atoms with E-state index in [1.807, 2.05) is 24.7 Å². The molecule has 2 heterocycles. The van der Waals surface area contributed by atoms with Gasteiger partial charge in [0.2, 0.25) is 0 Å². The van der Waals surface area contributed by atoms with E-state index < -0.39 is 5.97 Å². The van der Waals surface area contributed by atoms with E-state index in [-0.39, 0.29) is 11.9 Å². The molecule has 6 nitrogen and oxygen atoms in total. The van der Waals surface area contributed by atoms with Gasteiger partial charge in [-0.05, 0) is 43.7 Å². The quantitative estimate of drug-likeness (QED) is 0.900. The number of aromatic nitrogens is 2. The molecule has 1 aliphatic carbocycles. The van der Waals surface area contributed by atoms with Crippen molar-refractivity contribution < 1.29 is 14.7 Å². The van der Waals surface area contributed by atoms with Gasteiger partial charge >= 0.3 is 5.97 Å². The second-order valence-corrected chi connectivity index (χ2v) is 6.84. The maximum atomic E-state index is 12.6. The Morgan fingerprint density at radius 1 is 1.30 bits per heavy atom. The van der Waals surface area contributed by atoms with Crippen LogP contribution in [0.25, 0.3) is 0 Å². The van der Waals surface area contributed by atoms with Crippen LogP contribution in [0, 0.1) is 0 Å². The van der Waals surface area contributed by atoms with Gasteiger partial charge in [-0.15, -0.1) is 11.3 Å². The van der Waals surface area contributed by atoms with Gasteiger partial charge in [0.25, 0.3) is 5.91 Å². The minimum absolute atomic E-state index is 0.212. The number of thiophene rings is 1. The first-order valence-corrected chi connectivity index (χ1v) is 8.46. The SMILES string of the molecule is CC(NC(=O)c1sc(C(=O)O)c2c1CCCC2)c1nccn1C. The molecule has 3 rings (SSSR count). The van der Waals surface area contributed by atoms with Crippen LogP contribution in [0.5, 0.6) is 0 Å². The largest absolute Gasteiger partial charge is 0.477 e. The summed E-state index contributed by atoms with van der Waals surface area (Å²) in [5.74, 6) is -0.386. The van der Waals surface area contributed by atoms with Crippen molar-refractivity contribution in [2.24, 2.45) is 7.05 Å². The third kappa shape index (κ3) is 2.88. The van der Waals surface area contributed by atoms with Gasteiger partial charge in [-0.3, -0.25) is 4.79 Å². The van der Waals surface area contributed by atoms with Crippen molar-refractivity contribution in [3.63, 3.8) is 0 Å². The standard InChI is InChI=1S/C16H19N3O3S/c1-9(14-17-7-8-19(14)2)18-15(20)12-10-5-3-4-6-11(10)13(23-12)16(21)22/h7-9H,3-6H2,1-2H3,(H,18,20)(H,21,22). The molecule has 1 atom stereocenters. The van der Waals surface area contributed by atoms with Crippen molar-refractivity contribution in [3.05, 3.63) is 39.1 Å². The molecule has 23 heavy (non-hydrogen) atoms. The third-order valence-corrected chi connectivity index (χ3v) is 5.48. The molecule has 1 aliphatic rings. The van der Waals surface area contributed by atoms with E-state index in [2.05, 4.69) is 10.3 Å².